The van der Waals surface area contributed by atoms with Crippen molar-refractivity contribution >= 4 is 0 Å². The number of methoxy groups -OCH3 is 4. The molecule has 0 radical (unpaired) electrons. The van der Waals surface area contributed by atoms with Gasteiger partial charge in [0.1, 0.15) is 29.5 Å². The largest absolute Gasteiger partial charge is 0.496 e. The molecule has 0 spiro atoms. The van der Waals surface area contributed by atoms with E-state index in [0.29, 0.717) is 39.9 Å². The summed E-state index contributed by atoms with van der Waals surface area (Å²) in [5.74, 6) is 2.56. The van der Waals surface area contributed by atoms with E-state index in [4.69, 9.17) is 28.4 Å². The molecule has 8 heteroatoms. The molecule has 0 aliphatic carbocycles. The van der Waals surface area contributed by atoms with E-state index in [-0.39, 0.29) is 13.2 Å². The predicted molar refractivity (Wildman–Crippen MR) is 104 cm³/mol. The Morgan fingerprint density at radius 1 is 0.897 bits per heavy atom. The Kier molecular flexibility index (Phi) is 6.68. The highest BCUT2D eigenvalue weighted by Crippen LogP contribution is 2.49. The van der Waals surface area contributed by atoms with Crippen LogP contribution >= 0.6 is 0 Å². The molecule has 0 aromatic heterocycles. The lowest BCUT2D eigenvalue weighted by molar-refractivity contribution is -0.108. The van der Waals surface area contributed by atoms with Crippen LogP contribution < -0.4 is 23.7 Å². The van der Waals surface area contributed by atoms with Crippen LogP contribution in [0.3, 0.4) is 0 Å². The van der Waals surface area contributed by atoms with E-state index in [2.05, 4.69) is 0 Å². The normalized spacial score (nSPS) is 20.4. The number of hydrogen-bond acceptors (Lipinski definition) is 8. The lowest BCUT2D eigenvalue weighted by atomic mass is 9.91. The molecule has 0 saturated heterocycles. The fraction of sp³-hybridized carbons (Fsp3) is 0.429. The van der Waals surface area contributed by atoms with E-state index in [1.807, 2.05) is 0 Å². The molecule has 29 heavy (non-hydrogen) atoms. The summed E-state index contributed by atoms with van der Waals surface area (Å²) in [4.78, 5) is 0. The van der Waals surface area contributed by atoms with Crippen molar-refractivity contribution in [3.05, 3.63) is 41.5 Å². The summed E-state index contributed by atoms with van der Waals surface area (Å²) < 4.78 is 33.4. The van der Waals surface area contributed by atoms with Gasteiger partial charge in [-0.3, -0.25) is 0 Å². The summed E-state index contributed by atoms with van der Waals surface area (Å²) in [6, 6.07) is 8.70. The second kappa shape index (κ2) is 9.21. The van der Waals surface area contributed by atoms with Crippen LogP contribution in [-0.4, -0.2) is 58.0 Å². The number of benzene rings is 2. The average molecular weight is 406 g/mol. The number of rotatable bonds is 8. The lowest BCUT2D eigenvalue weighted by Crippen LogP contribution is -2.36. The van der Waals surface area contributed by atoms with Crippen molar-refractivity contribution in [3.63, 3.8) is 0 Å². The van der Waals surface area contributed by atoms with Gasteiger partial charge in [0.05, 0.1) is 47.2 Å². The van der Waals surface area contributed by atoms with Crippen LogP contribution in [0.4, 0.5) is 0 Å². The van der Waals surface area contributed by atoms with Crippen LogP contribution in [-0.2, 0) is 4.74 Å². The summed E-state index contributed by atoms with van der Waals surface area (Å²) in [6.45, 7) is -0.131. The van der Waals surface area contributed by atoms with Gasteiger partial charge in [0.2, 0.25) is 0 Å². The highest BCUT2D eigenvalue weighted by atomic mass is 16.5. The molecular weight excluding hydrogens is 380 g/mol. The van der Waals surface area contributed by atoms with E-state index >= 15 is 0 Å². The molecule has 0 saturated carbocycles. The molecule has 1 heterocycles. The molecule has 1 aliphatic rings. The van der Waals surface area contributed by atoms with Crippen molar-refractivity contribution in [3.8, 4) is 28.7 Å². The van der Waals surface area contributed by atoms with Crippen LogP contribution in [0.2, 0.25) is 0 Å². The third kappa shape index (κ3) is 4.05. The highest BCUT2D eigenvalue weighted by molar-refractivity contribution is 5.54. The fourth-order valence-electron chi connectivity index (χ4n) is 3.43. The van der Waals surface area contributed by atoms with Gasteiger partial charge >= 0.3 is 0 Å². The number of aliphatic hydroxyl groups is 2. The third-order valence-corrected chi connectivity index (χ3v) is 4.82. The molecule has 3 rings (SSSR count). The molecular formula is C21H26O8. The first-order valence-electron chi connectivity index (χ1n) is 9.12. The van der Waals surface area contributed by atoms with Gasteiger partial charge in [-0.05, 0) is 17.7 Å². The molecule has 2 aromatic rings. The number of ether oxygens (including phenoxy) is 6. The highest BCUT2D eigenvalue weighted by Gasteiger charge is 2.41. The van der Waals surface area contributed by atoms with Gasteiger partial charge < -0.3 is 38.6 Å². The molecule has 1 aliphatic heterocycles. The molecule has 158 valence electrons. The second-order valence-corrected chi connectivity index (χ2v) is 6.40. The minimum Gasteiger partial charge on any atom is -0.496 e. The monoisotopic (exact) mass is 406 g/mol. The zero-order valence-electron chi connectivity index (χ0n) is 16.9. The third-order valence-electron chi connectivity index (χ3n) is 4.82. The quantitative estimate of drug-likeness (QED) is 0.689. The SMILES string of the molecule is COc1cc(OC)c2c(c1)OC(c1ccc(OC)c(OC)c1)C(O)C2OCCO. The summed E-state index contributed by atoms with van der Waals surface area (Å²) in [5, 5.41) is 20.3. The minimum atomic E-state index is -1.06. The molecule has 2 aromatic carbocycles. The number of aliphatic hydroxyl groups excluding tert-OH is 2. The van der Waals surface area contributed by atoms with Gasteiger partial charge in [0.25, 0.3) is 0 Å². The maximum Gasteiger partial charge on any atom is 0.161 e. The standard InChI is InChI=1S/C21H26O8/c1-24-13-10-16(27-4)18-17(11-13)29-20(19(23)21(18)28-8-7-22)12-5-6-14(25-2)15(9-12)26-3/h5-6,9-11,19-23H,7-8H2,1-4H3. The first kappa shape index (κ1) is 21.0. The van der Waals surface area contributed by atoms with Gasteiger partial charge in [-0.25, -0.2) is 0 Å². The van der Waals surface area contributed by atoms with Crippen LogP contribution in [0.1, 0.15) is 23.3 Å². The zero-order valence-corrected chi connectivity index (χ0v) is 16.9. The van der Waals surface area contributed by atoms with Gasteiger partial charge in [0.15, 0.2) is 17.6 Å². The van der Waals surface area contributed by atoms with E-state index < -0.39 is 18.3 Å². The molecule has 2 N–H and O–H groups in total. The van der Waals surface area contributed by atoms with Crippen LogP contribution in [0, 0.1) is 0 Å². The molecule has 3 unspecified atom stereocenters. The van der Waals surface area contributed by atoms with E-state index in [9.17, 15) is 10.2 Å². The second-order valence-electron chi connectivity index (χ2n) is 6.40. The van der Waals surface area contributed by atoms with Crippen molar-refractivity contribution in [1.82, 2.24) is 0 Å². The summed E-state index contributed by atoms with van der Waals surface area (Å²) in [6.07, 6.45) is -2.58. The first-order chi connectivity index (χ1) is 14.1. The van der Waals surface area contributed by atoms with Gasteiger partial charge in [-0.15, -0.1) is 0 Å². The number of hydrogen-bond donors (Lipinski definition) is 2. The Hall–Kier alpha value is -2.68. The zero-order chi connectivity index (χ0) is 21.0. The van der Waals surface area contributed by atoms with E-state index in [1.165, 1.54) is 14.2 Å². The van der Waals surface area contributed by atoms with Crippen LogP contribution in [0.25, 0.3) is 0 Å². The molecule has 0 amide bonds. The van der Waals surface area contributed by atoms with Gasteiger partial charge in [-0.1, -0.05) is 6.07 Å². The van der Waals surface area contributed by atoms with Gasteiger partial charge in [0, 0.05) is 12.1 Å². The maximum atomic E-state index is 11.1. The van der Waals surface area contributed by atoms with Crippen molar-refractivity contribution in [2.45, 2.75) is 18.3 Å². The Labute approximate surface area is 169 Å². The van der Waals surface area contributed by atoms with Crippen molar-refractivity contribution in [2.75, 3.05) is 41.7 Å². The molecule has 3 atom stereocenters. The van der Waals surface area contributed by atoms with Crippen molar-refractivity contribution in [1.29, 1.82) is 0 Å². The summed E-state index contributed by atoms with van der Waals surface area (Å²) in [5.41, 5.74) is 1.24. The van der Waals surface area contributed by atoms with E-state index in [1.54, 1.807) is 44.6 Å². The predicted octanol–water partition coefficient (Wildman–Crippen LogP) is 2.27. The maximum absolute atomic E-state index is 11.1. The Bertz CT molecular complexity index is 838. The van der Waals surface area contributed by atoms with Crippen molar-refractivity contribution < 1.29 is 38.6 Å². The summed E-state index contributed by atoms with van der Waals surface area (Å²) in [7, 11) is 6.16. The smallest absolute Gasteiger partial charge is 0.161 e. The minimum absolute atomic E-state index is 0.0506. The van der Waals surface area contributed by atoms with Crippen LogP contribution in [0.15, 0.2) is 30.3 Å². The Balaban J connectivity index is 2.08. The first-order valence-corrected chi connectivity index (χ1v) is 9.12. The van der Waals surface area contributed by atoms with E-state index in [0.717, 1.165) is 0 Å². The molecule has 0 fully saturated rings. The molecule has 0 bridgehead atoms. The van der Waals surface area contributed by atoms with Crippen molar-refractivity contribution in [2.24, 2.45) is 0 Å². The number of fused-ring (bicyclic) bond motifs is 1. The van der Waals surface area contributed by atoms with Crippen LogP contribution in [0.5, 0.6) is 28.7 Å². The molecule has 8 nitrogen and oxygen atoms in total. The fourth-order valence-corrected chi connectivity index (χ4v) is 3.43. The summed E-state index contributed by atoms with van der Waals surface area (Å²) >= 11 is 0. The average Bonchev–Trinajstić information content (AvgIpc) is 2.76. The topological polar surface area (TPSA) is 95.8 Å². The van der Waals surface area contributed by atoms with Gasteiger partial charge in [-0.2, -0.15) is 0 Å². The lowest BCUT2D eigenvalue weighted by Gasteiger charge is -2.37. The Morgan fingerprint density at radius 3 is 2.24 bits per heavy atom. The Morgan fingerprint density at radius 2 is 1.62 bits per heavy atom.